The molecule has 0 radical (unpaired) electrons. The number of nitrogen functional groups attached to an aromatic ring is 1. The highest BCUT2D eigenvalue weighted by Gasteiger charge is 2.06. The average molecular weight is 240 g/mol. The molecule has 2 heterocycles. The summed E-state index contributed by atoms with van der Waals surface area (Å²) >= 11 is 6.34. The first-order valence-electron chi connectivity index (χ1n) is 4.16. The van der Waals surface area contributed by atoms with Crippen LogP contribution in [0.3, 0.4) is 0 Å². The van der Waals surface area contributed by atoms with Crippen LogP contribution in [0.4, 0.5) is 0 Å². The average Bonchev–Trinajstić information content (AvgIpc) is 2.72. The molecule has 0 fully saturated rings. The topological polar surface area (TPSA) is 76.7 Å². The molecule has 15 heavy (non-hydrogen) atoms. The molecule has 0 bridgehead atoms. The third-order valence-corrected chi connectivity index (χ3v) is 3.06. The molecule has 0 saturated carbocycles. The summed E-state index contributed by atoms with van der Waals surface area (Å²) in [6.07, 6.45) is 0.472. The van der Waals surface area contributed by atoms with Crippen LogP contribution in [0.15, 0.2) is 22.3 Å². The third-order valence-electron chi connectivity index (χ3n) is 1.89. The molecule has 0 aliphatic heterocycles. The van der Waals surface area contributed by atoms with Crippen molar-refractivity contribution < 1.29 is 0 Å². The maximum absolute atomic E-state index is 11.6. The number of nitrogens with one attached hydrogen (secondary N) is 1. The van der Waals surface area contributed by atoms with Gasteiger partial charge in [0.2, 0.25) is 4.77 Å². The second-order valence-corrected chi connectivity index (χ2v) is 4.33. The number of hydrogen-bond acceptors (Lipinski definition) is 5. The van der Waals surface area contributed by atoms with Crippen molar-refractivity contribution in [1.82, 2.24) is 14.9 Å². The minimum atomic E-state index is -0.354. The molecule has 3 N–H and O–H groups in total. The van der Waals surface area contributed by atoms with E-state index in [0.717, 1.165) is 9.55 Å². The van der Waals surface area contributed by atoms with Gasteiger partial charge in [0, 0.05) is 11.3 Å². The Bertz CT molecular complexity index is 569. The summed E-state index contributed by atoms with van der Waals surface area (Å²) in [7, 11) is 0. The smallest absolute Gasteiger partial charge is 0.295 e. The van der Waals surface area contributed by atoms with Crippen LogP contribution in [0.5, 0.6) is 0 Å². The summed E-state index contributed by atoms with van der Waals surface area (Å²) in [5, 5.41) is 8.35. The summed E-state index contributed by atoms with van der Waals surface area (Å²) in [6.45, 7) is 0. The molecule has 0 amide bonds. The zero-order valence-electron chi connectivity index (χ0n) is 7.64. The van der Waals surface area contributed by atoms with Crippen molar-refractivity contribution in [1.29, 1.82) is 0 Å². The van der Waals surface area contributed by atoms with Gasteiger partial charge in [-0.05, 0) is 23.7 Å². The van der Waals surface area contributed by atoms with E-state index >= 15 is 0 Å². The zero-order valence-corrected chi connectivity index (χ0v) is 9.27. The molecule has 5 nitrogen and oxygen atoms in total. The van der Waals surface area contributed by atoms with Crippen LogP contribution in [0, 0.1) is 4.77 Å². The van der Waals surface area contributed by atoms with Gasteiger partial charge >= 0.3 is 0 Å². The van der Waals surface area contributed by atoms with Crippen molar-refractivity contribution in [3.05, 3.63) is 43.2 Å². The van der Waals surface area contributed by atoms with E-state index in [1.54, 1.807) is 11.3 Å². The molecule has 0 aromatic carbocycles. The summed E-state index contributed by atoms with van der Waals surface area (Å²) in [6, 6.07) is 3.86. The summed E-state index contributed by atoms with van der Waals surface area (Å²) in [5.74, 6) is 5.44. The third kappa shape index (κ3) is 1.97. The van der Waals surface area contributed by atoms with Gasteiger partial charge in [0.1, 0.15) is 5.69 Å². The van der Waals surface area contributed by atoms with Crippen LogP contribution in [-0.4, -0.2) is 14.9 Å². The minimum Gasteiger partial charge on any atom is -0.334 e. The van der Waals surface area contributed by atoms with E-state index in [2.05, 4.69) is 10.2 Å². The fraction of sp³-hybridized carbons (Fsp3) is 0.125. The molecule has 2 aromatic heterocycles. The number of thiophene rings is 1. The van der Waals surface area contributed by atoms with Crippen molar-refractivity contribution in [2.75, 3.05) is 5.84 Å². The Morgan fingerprint density at radius 2 is 2.47 bits per heavy atom. The number of aromatic nitrogens is 3. The van der Waals surface area contributed by atoms with Gasteiger partial charge in [-0.3, -0.25) is 9.89 Å². The number of nitrogens with two attached hydrogens (primary N) is 1. The Morgan fingerprint density at radius 3 is 3.13 bits per heavy atom. The molecule has 0 saturated heterocycles. The molecular formula is C8H8N4OS2. The van der Waals surface area contributed by atoms with Crippen LogP contribution < -0.4 is 11.4 Å². The van der Waals surface area contributed by atoms with Crippen LogP contribution in [0.2, 0.25) is 0 Å². The Kier molecular flexibility index (Phi) is 2.65. The Balaban J connectivity index is 2.43. The monoisotopic (exact) mass is 240 g/mol. The lowest BCUT2D eigenvalue weighted by atomic mass is 10.3. The lowest BCUT2D eigenvalue weighted by Gasteiger charge is -2.00. The van der Waals surface area contributed by atoms with E-state index in [-0.39, 0.29) is 10.3 Å². The quantitative estimate of drug-likeness (QED) is 0.597. The van der Waals surface area contributed by atoms with Gasteiger partial charge in [-0.1, -0.05) is 6.07 Å². The van der Waals surface area contributed by atoms with Crippen molar-refractivity contribution in [3.63, 3.8) is 0 Å². The van der Waals surface area contributed by atoms with Gasteiger partial charge in [-0.15, -0.1) is 11.3 Å². The number of H-pyrrole nitrogens is 1. The van der Waals surface area contributed by atoms with Crippen molar-refractivity contribution >= 4 is 23.6 Å². The molecule has 7 heteroatoms. The van der Waals surface area contributed by atoms with Gasteiger partial charge in [0.05, 0.1) is 0 Å². The first-order chi connectivity index (χ1) is 7.18. The second kappa shape index (κ2) is 3.95. The van der Waals surface area contributed by atoms with Gasteiger partial charge in [0.25, 0.3) is 5.56 Å². The molecule has 2 rings (SSSR count). The Hall–Kier alpha value is -1.47. The lowest BCUT2D eigenvalue weighted by Crippen LogP contribution is -2.32. The molecule has 2 aromatic rings. The molecule has 0 unspecified atom stereocenters. The molecule has 0 aliphatic carbocycles. The zero-order chi connectivity index (χ0) is 10.8. The normalized spacial score (nSPS) is 10.4. The van der Waals surface area contributed by atoms with Gasteiger partial charge in [-0.25, -0.2) is 0 Å². The molecule has 0 atom stereocenters. The molecule has 0 aliphatic rings. The fourth-order valence-electron chi connectivity index (χ4n) is 1.14. The lowest BCUT2D eigenvalue weighted by molar-refractivity contribution is 0.761. The number of nitrogens with zero attached hydrogens (tertiary/aromatic N) is 2. The molecule has 78 valence electrons. The van der Waals surface area contributed by atoms with Crippen molar-refractivity contribution in [3.8, 4) is 0 Å². The number of aromatic amines is 1. The molecule has 0 spiro atoms. The van der Waals surface area contributed by atoms with Gasteiger partial charge in [0.15, 0.2) is 0 Å². The number of rotatable bonds is 2. The highest BCUT2D eigenvalue weighted by Crippen LogP contribution is 2.10. The van der Waals surface area contributed by atoms with Gasteiger partial charge < -0.3 is 5.84 Å². The highest BCUT2D eigenvalue weighted by atomic mass is 32.1. The fourth-order valence-corrected chi connectivity index (χ4v) is 1.98. The molecular weight excluding hydrogens is 232 g/mol. The van der Waals surface area contributed by atoms with E-state index in [1.165, 1.54) is 0 Å². The highest BCUT2D eigenvalue weighted by molar-refractivity contribution is 7.71. The van der Waals surface area contributed by atoms with E-state index in [9.17, 15) is 4.79 Å². The largest absolute Gasteiger partial charge is 0.334 e. The Morgan fingerprint density at radius 1 is 1.67 bits per heavy atom. The standard InChI is InChI=1S/C8H8N4OS2/c9-12-7(13)6(10-11-8(12)14)4-5-2-1-3-15-5/h1-3H,4,9H2,(H,11,14). The summed E-state index contributed by atoms with van der Waals surface area (Å²) < 4.78 is 1.01. The van der Waals surface area contributed by atoms with E-state index in [0.29, 0.717) is 12.1 Å². The van der Waals surface area contributed by atoms with E-state index < -0.39 is 0 Å². The van der Waals surface area contributed by atoms with Crippen molar-refractivity contribution in [2.24, 2.45) is 0 Å². The minimum absolute atomic E-state index is 0.120. The predicted molar refractivity (Wildman–Crippen MR) is 61.0 cm³/mol. The summed E-state index contributed by atoms with van der Waals surface area (Å²) in [5.41, 5.74) is 0.0145. The summed E-state index contributed by atoms with van der Waals surface area (Å²) in [4.78, 5) is 12.7. The maximum atomic E-state index is 11.6. The van der Waals surface area contributed by atoms with Crippen molar-refractivity contribution in [2.45, 2.75) is 6.42 Å². The van der Waals surface area contributed by atoms with E-state index in [1.807, 2.05) is 17.5 Å². The van der Waals surface area contributed by atoms with Crippen LogP contribution in [0.25, 0.3) is 0 Å². The number of hydrogen-bond donors (Lipinski definition) is 2. The van der Waals surface area contributed by atoms with E-state index in [4.69, 9.17) is 18.1 Å². The Labute approximate surface area is 94.2 Å². The SMILES string of the molecule is Nn1c(=S)[nH]nc(Cc2cccs2)c1=O. The van der Waals surface area contributed by atoms with Gasteiger partial charge in [-0.2, -0.15) is 9.77 Å². The maximum Gasteiger partial charge on any atom is 0.295 e. The second-order valence-electron chi connectivity index (χ2n) is 2.91. The van der Waals surface area contributed by atoms with Crippen LogP contribution in [0.1, 0.15) is 10.6 Å². The van der Waals surface area contributed by atoms with Crippen LogP contribution in [-0.2, 0) is 6.42 Å². The van der Waals surface area contributed by atoms with Crippen LogP contribution >= 0.6 is 23.6 Å². The first-order valence-corrected chi connectivity index (χ1v) is 5.45. The first kappa shape index (κ1) is 10.1. The predicted octanol–water partition coefficient (Wildman–Crippen LogP) is 0.667.